The first-order valence-electron chi connectivity index (χ1n) is 9.71. The van der Waals surface area contributed by atoms with Crippen molar-refractivity contribution < 1.29 is 24.2 Å². The van der Waals surface area contributed by atoms with Crippen LogP contribution in [-0.4, -0.2) is 49.1 Å². The number of aliphatic hydroxyl groups is 1. The lowest BCUT2D eigenvalue weighted by Gasteiger charge is -2.26. The number of ketones is 1. The number of hydrogen-bond donors (Lipinski definition) is 1. The van der Waals surface area contributed by atoms with Gasteiger partial charge in [-0.1, -0.05) is 48.5 Å². The van der Waals surface area contributed by atoms with Gasteiger partial charge in [0.05, 0.1) is 18.7 Å². The standard InChI is InChI=1S/C24H25NO5/c1-29-15-7-14-25-22(18-10-6-11-19(16-18)30-2)21(23(27)24(25)28)20(26)13-12-17-8-4-3-5-9-17/h3-6,8-13,16,22,27H,7,14-15H2,1-2H3/b13-12+. The summed E-state index contributed by atoms with van der Waals surface area (Å²) in [5, 5.41) is 10.6. The molecule has 1 heterocycles. The second-order valence-electron chi connectivity index (χ2n) is 6.89. The van der Waals surface area contributed by atoms with Crippen LogP contribution in [0.1, 0.15) is 23.6 Å². The van der Waals surface area contributed by atoms with Crippen molar-refractivity contribution in [1.82, 2.24) is 4.90 Å². The fourth-order valence-corrected chi connectivity index (χ4v) is 3.50. The van der Waals surface area contributed by atoms with Crippen molar-refractivity contribution in [3.63, 3.8) is 0 Å². The molecular formula is C24H25NO5. The Balaban J connectivity index is 1.97. The normalized spacial score (nSPS) is 16.5. The largest absolute Gasteiger partial charge is 0.503 e. The first-order chi connectivity index (χ1) is 14.6. The van der Waals surface area contributed by atoms with Crippen LogP contribution >= 0.6 is 0 Å². The number of carbonyl (C=O) groups excluding carboxylic acids is 2. The summed E-state index contributed by atoms with van der Waals surface area (Å²) in [5.41, 5.74) is 1.61. The lowest BCUT2D eigenvalue weighted by molar-refractivity contribution is -0.129. The number of ether oxygens (including phenoxy) is 2. The molecule has 1 aliphatic heterocycles. The van der Waals surface area contributed by atoms with Crippen LogP contribution in [0.5, 0.6) is 5.75 Å². The predicted molar refractivity (Wildman–Crippen MR) is 114 cm³/mol. The summed E-state index contributed by atoms with van der Waals surface area (Å²) in [6, 6.07) is 15.8. The van der Waals surface area contributed by atoms with Crippen LogP contribution in [0.2, 0.25) is 0 Å². The summed E-state index contributed by atoms with van der Waals surface area (Å²) >= 11 is 0. The van der Waals surface area contributed by atoms with Gasteiger partial charge >= 0.3 is 0 Å². The summed E-state index contributed by atoms with van der Waals surface area (Å²) in [5.74, 6) is -0.875. The number of nitrogens with zero attached hydrogens (tertiary/aromatic N) is 1. The number of benzene rings is 2. The number of rotatable bonds is 9. The lowest BCUT2D eigenvalue weighted by atomic mass is 9.95. The van der Waals surface area contributed by atoms with Crippen molar-refractivity contribution in [2.75, 3.05) is 27.4 Å². The third-order valence-electron chi connectivity index (χ3n) is 4.95. The molecule has 1 N–H and O–H groups in total. The molecule has 3 rings (SSSR count). The molecule has 30 heavy (non-hydrogen) atoms. The molecule has 6 nitrogen and oxygen atoms in total. The van der Waals surface area contributed by atoms with E-state index < -0.39 is 23.5 Å². The minimum Gasteiger partial charge on any atom is -0.503 e. The quantitative estimate of drug-likeness (QED) is 0.507. The topological polar surface area (TPSA) is 76.1 Å². The van der Waals surface area contributed by atoms with E-state index in [1.54, 1.807) is 38.5 Å². The van der Waals surface area contributed by atoms with E-state index in [9.17, 15) is 14.7 Å². The smallest absolute Gasteiger partial charge is 0.290 e. The van der Waals surface area contributed by atoms with Gasteiger partial charge < -0.3 is 19.5 Å². The number of hydrogen-bond acceptors (Lipinski definition) is 5. The van der Waals surface area contributed by atoms with Crippen LogP contribution < -0.4 is 4.74 Å². The average molecular weight is 407 g/mol. The molecule has 0 saturated heterocycles. The van der Waals surface area contributed by atoms with Gasteiger partial charge in [-0.3, -0.25) is 9.59 Å². The molecule has 2 aromatic rings. The van der Waals surface area contributed by atoms with Gasteiger partial charge in [0.15, 0.2) is 11.5 Å². The van der Waals surface area contributed by atoms with E-state index >= 15 is 0 Å². The SMILES string of the molecule is COCCCN1C(=O)C(O)=C(C(=O)/C=C/c2ccccc2)C1c1cccc(OC)c1. The van der Waals surface area contributed by atoms with Crippen LogP contribution in [0.3, 0.4) is 0 Å². The molecule has 1 atom stereocenters. The highest BCUT2D eigenvalue weighted by Crippen LogP contribution is 2.39. The molecule has 156 valence electrons. The molecule has 0 spiro atoms. The first kappa shape index (κ1) is 21.3. The van der Waals surface area contributed by atoms with E-state index in [1.165, 1.54) is 11.0 Å². The van der Waals surface area contributed by atoms with Crippen LogP contribution in [0.25, 0.3) is 6.08 Å². The van der Waals surface area contributed by atoms with Gasteiger partial charge in [-0.2, -0.15) is 0 Å². The van der Waals surface area contributed by atoms with Crippen molar-refractivity contribution in [1.29, 1.82) is 0 Å². The molecular weight excluding hydrogens is 382 g/mol. The Morgan fingerprint density at radius 2 is 1.90 bits per heavy atom. The van der Waals surface area contributed by atoms with E-state index in [1.807, 2.05) is 36.4 Å². The Morgan fingerprint density at radius 1 is 1.13 bits per heavy atom. The molecule has 1 aliphatic rings. The van der Waals surface area contributed by atoms with E-state index in [2.05, 4.69) is 0 Å². The number of allylic oxidation sites excluding steroid dienone is 1. The van der Waals surface area contributed by atoms with E-state index in [-0.39, 0.29) is 5.57 Å². The third kappa shape index (κ3) is 4.60. The molecule has 1 amide bonds. The summed E-state index contributed by atoms with van der Waals surface area (Å²) < 4.78 is 10.4. The highest BCUT2D eigenvalue weighted by atomic mass is 16.5. The number of aliphatic hydroxyl groups excluding tert-OH is 1. The fraction of sp³-hybridized carbons (Fsp3) is 0.250. The maximum Gasteiger partial charge on any atom is 0.290 e. The van der Waals surface area contributed by atoms with Crippen LogP contribution in [0, 0.1) is 0 Å². The zero-order valence-electron chi connectivity index (χ0n) is 17.1. The van der Waals surface area contributed by atoms with Gasteiger partial charge in [0.1, 0.15) is 5.75 Å². The van der Waals surface area contributed by atoms with Crippen molar-refractivity contribution in [3.05, 3.63) is 83.1 Å². The molecule has 0 radical (unpaired) electrons. The minimum absolute atomic E-state index is 0.0675. The van der Waals surface area contributed by atoms with Gasteiger partial charge in [0, 0.05) is 20.3 Å². The molecule has 0 bridgehead atoms. The minimum atomic E-state index is -0.697. The Bertz CT molecular complexity index is 965. The van der Waals surface area contributed by atoms with Gasteiger partial charge in [0.2, 0.25) is 0 Å². The average Bonchev–Trinajstić information content (AvgIpc) is 3.03. The summed E-state index contributed by atoms with van der Waals surface area (Å²) in [7, 11) is 3.14. The van der Waals surface area contributed by atoms with Crippen molar-refractivity contribution >= 4 is 17.8 Å². The first-order valence-corrected chi connectivity index (χ1v) is 9.71. The van der Waals surface area contributed by atoms with Gasteiger partial charge in [0.25, 0.3) is 5.91 Å². The third-order valence-corrected chi connectivity index (χ3v) is 4.95. The number of carbonyl (C=O) groups is 2. The van der Waals surface area contributed by atoms with E-state index in [4.69, 9.17) is 9.47 Å². The number of methoxy groups -OCH3 is 2. The highest BCUT2D eigenvalue weighted by Gasteiger charge is 2.42. The molecule has 0 aliphatic carbocycles. The monoisotopic (exact) mass is 407 g/mol. The number of amides is 1. The summed E-state index contributed by atoms with van der Waals surface area (Å²) in [6.07, 6.45) is 3.64. The molecule has 0 aromatic heterocycles. The Labute approximate surface area is 176 Å². The maximum atomic E-state index is 13.0. The predicted octanol–water partition coefficient (Wildman–Crippen LogP) is 3.71. The van der Waals surface area contributed by atoms with E-state index in [0.29, 0.717) is 30.9 Å². The second-order valence-corrected chi connectivity index (χ2v) is 6.89. The maximum absolute atomic E-state index is 13.0. The van der Waals surface area contributed by atoms with Gasteiger partial charge in [-0.25, -0.2) is 0 Å². The molecule has 1 unspecified atom stereocenters. The van der Waals surface area contributed by atoms with Gasteiger partial charge in [-0.15, -0.1) is 0 Å². The fourth-order valence-electron chi connectivity index (χ4n) is 3.50. The molecule has 0 fully saturated rings. The van der Waals surface area contributed by atoms with Crippen LogP contribution in [0.15, 0.2) is 72.0 Å². The molecule has 2 aromatic carbocycles. The molecule has 0 saturated carbocycles. The van der Waals surface area contributed by atoms with Gasteiger partial charge in [-0.05, 0) is 35.8 Å². The lowest BCUT2D eigenvalue weighted by Crippen LogP contribution is -2.32. The van der Waals surface area contributed by atoms with Crippen molar-refractivity contribution in [2.24, 2.45) is 0 Å². The second kappa shape index (κ2) is 9.89. The van der Waals surface area contributed by atoms with Crippen molar-refractivity contribution in [3.8, 4) is 5.75 Å². The van der Waals surface area contributed by atoms with Crippen LogP contribution in [0.4, 0.5) is 0 Å². The zero-order valence-corrected chi connectivity index (χ0v) is 17.1. The van der Waals surface area contributed by atoms with E-state index in [0.717, 1.165) is 5.56 Å². The Kier molecular flexibility index (Phi) is 7.03. The Hall–Kier alpha value is -3.38. The summed E-state index contributed by atoms with van der Waals surface area (Å²) in [6.45, 7) is 0.810. The zero-order chi connectivity index (χ0) is 21.5. The summed E-state index contributed by atoms with van der Waals surface area (Å²) in [4.78, 5) is 27.4. The highest BCUT2D eigenvalue weighted by molar-refractivity contribution is 6.14. The van der Waals surface area contributed by atoms with Crippen LogP contribution in [-0.2, 0) is 14.3 Å². The molecule has 6 heteroatoms. The van der Waals surface area contributed by atoms with Crippen molar-refractivity contribution in [2.45, 2.75) is 12.5 Å². The Morgan fingerprint density at radius 3 is 2.60 bits per heavy atom.